The average Bonchev–Trinajstić information content (AvgIpc) is 3.43. The molecule has 5 rings (SSSR count). The molecule has 2 aromatic heterocycles. The van der Waals surface area contributed by atoms with Gasteiger partial charge >= 0.3 is 0 Å². The number of carbonyl (C=O) groups excluding carboxylic acids is 1. The van der Waals surface area contributed by atoms with E-state index in [0.717, 1.165) is 47.3 Å². The first-order chi connectivity index (χ1) is 17.7. The van der Waals surface area contributed by atoms with E-state index in [4.69, 9.17) is 10.7 Å². The number of anilines is 2. The maximum absolute atomic E-state index is 14.3. The Balaban J connectivity index is 1.59. The summed E-state index contributed by atoms with van der Waals surface area (Å²) in [5.41, 5.74) is 7.07. The first-order valence-electron chi connectivity index (χ1n) is 12.0. The Hall–Kier alpha value is -4.12. The van der Waals surface area contributed by atoms with Crippen LogP contribution in [0, 0.1) is 11.6 Å². The number of rotatable bonds is 5. The summed E-state index contributed by atoms with van der Waals surface area (Å²) in [4.78, 5) is 33.4. The van der Waals surface area contributed by atoms with Gasteiger partial charge in [0.25, 0.3) is 11.5 Å². The molecule has 0 radical (unpaired) electrons. The third-order valence-corrected chi connectivity index (χ3v) is 6.61. The minimum atomic E-state index is -0.971. The number of nitrogens with one attached hydrogen (secondary N) is 1. The number of hydrogen-bond acceptors (Lipinski definition) is 6. The first-order valence-corrected chi connectivity index (χ1v) is 12.0. The summed E-state index contributed by atoms with van der Waals surface area (Å²) in [5.74, 6) is -1.60. The summed E-state index contributed by atoms with van der Waals surface area (Å²) in [5, 5.41) is 6.61. The number of fused-ring (bicyclic) bond motifs is 1. The molecule has 4 aromatic rings. The number of nitrogens with zero attached hydrogens (tertiary/aromatic N) is 5. The van der Waals surface area contributed by atoms with Crippen molar-refractivity contribution in [3.8, 4) is 5.69 Å². The van der Waals surface area contributed by atoms with Gasteiger partial charge in [0.15, 0.2) is 11.6 Å². The fraction of sp³-hybridized carbons (Fsp3) is 0.308. The number of hydrogen-bond donors (Lipinski definition) is 2. The number of imidazole rings is 1. The number of aromatic nitrogens is 4. The van der Waals surface area contributed by atoms with Gasteiger partial charge < -0.3 is 20.5 Å². The SMILES string of the molecule is CC(C)c1nc2c(N3CC[C@@H](N)C3)c(NC(=O)c3ccnn(-c4c(F)cccc4F)c3=O)ccc2n1C. The molecule has 0 unspecified atom stereocenters. The lowest BCUT2D eigenvalue weighted by molar-refractivity contribution is 0.102. The van der Waals surface area contributed by atoms with Gasteiger partial charge in [0.05, 0.1) is 16.9 Å². The van der Waals surface area contributed by atoms with E-state index in [0.29, 0.717) is 23.5 Å². The molecule has 0 aliphatic carbocycles. The van der Waals surface area contributed by atoms with Crippen LogP contribution in [0.1, 0.15) is 42.4 Å². The molecule has 11 heteroatoms. The zero-order valence-electron chi connectivity index (χ0n) is 20.7. The van der Waals surface area contributed by atoms with Crippen LogP contribution in [0.15, 0.2) is 47.4 Å². The van der Waals surface area contributed by atoms with Crippen LogP contribution in [-0.2, 0) is 7.05 Å². The van der Waals surface area contributed by atoms with Crippen molar-refractivity contribution in [2.75, 3.05) is 23.3 Å². The molecule has 0 spiro atoms. The molecule has 0 bridgehead atoms. The number of nitrogens with two attached hydrogens (primary N) is 1. The molecule has 1 amide bonds. The molecule has 192 valence electrons. The van der Waals surface area contributed by atoms with Crippen LogP contribution in [0.3, 0.4) is 0 Å². The summed E-state index contributed by atoms with van der Waals surface area (Å²) >= 11 is 0. The molecular formula is C26H27F2N7O2. The van der Waals surface area contributed by atoms with Gasteiger partial charge in [-0.1, -0.05) is 19.9 Å². The molecule has 1 aliphatic rings. The van der Waals surface area contributed by atoms with Crippen molar-refractivity contribution < 1.29 is 13.6 Å². The number of halogens is 2. The molecule has 2 aromatic carbocycles. The minimum Gasteiger partial charge on any atom is -0.366 e. The molecule has 1 fully saturated rings. The van der Waals surface area contributed by atoms with Crippen LogP contribution in [0.25, 0.3) is 16.7 Å². The standard InChI is InChI=1S/C26H27F2N7O2/c1-14(2)24-32-21-20(33(24)3)8-7-19(23(21)34-12-10-15(29)13-34)31-25(36)16-9-11-30-35(26(16)37)22-17(27)5-4-6-18(22)28/h4-9,11,14-15H,10,12-13,29H2,1-3H3,(H,31,36)/t15-/m1/s1. The third-order valence-electron chi connectivity index (χ3n) is 6.61. The highest BCUT2D eigenvalue weighted by Gasteiger charge is 2.27. The molecule has 37 heavy (non-hydrogen) atoms. The Bertz CT molecular complexity index is 1560. The second-order valence-electron chi connectivity index (χ2n) is 9.49. The Morgan fingerprint density at radius 3 is 2.51 bits per heavy atom. The molecule has 3 N–H and O–H groups in total. The predicted molar refractivity (Wildman–Crippen MR) is 137 cm³/mol. The first kappa shape index (κ1) is 24.6. The monoisotopic (exact) mass is 507 g/mol. The highest BCUT2D eigenvalue weighted by Crippen LogP contribution is 2.37. The maximum Gasteiger partial charge on any atom is 0.284 e. The Labute approximate surface area is 211 Å². The zero-order valence-corrected chi connectivity index (χ0v) is 20.7. The van der Waals surface area contributed by atoms with Gasteiger partial charge in [-0.25, -0.2) is 13.8 Å². The number of benzene rings is 2. The highest BCUT2D eigenvalue weighted by molar-refractivity contribution is 6.09. The van der Waals surface area contributed by atoms with Gasteiger partial charge in [-0.3, -0.25) is 9.59 Å². The fourth-order valence-corrected chi connectivity index (χ4v) is 4.82. The van der Waals surface area contributed by atoms with E-state index >= 15 is 0 Å². The van der Waals surface area contributed by atoms with Crippen LogP contribution in [0.2, 0.25) is 0 Å². The molecule has 9 nitrogen and oxygen atoms in total. The molecule has 0 saturated carbocycles. The number of para-hydroxylation sites is 1. The van der Waals surface area contributed by atoms with Crippen LogP contribution < -0.4 is 21.5 Å². The summed E-state index contributed by atoms with van der Waals surface area (Å²) in [6.07, 6.45) is 1.94. The lowest BCUT2D eigenvalue weighted by Gasteiger charge is -2.22. The van der Waals surface area contributed by atoms with Crippen LogP contribution in [0.5, 0.6) is 0 Å². The Morgan fingerprint density at radius 1 is 1.14 bits per heavy atom. The van der Waals surface area contributed by atoms with Crippen LogP contribution >= 0.6 is 0 Å². The topological polar surface area (TPSA) is 111 Å². The van der Waals surface area contributed by atoms with Gasteiger partial charge in [0, 0.05) is 38.3 Å². The van der Waals surface area contributed by atoms with Crippen molar-refractivity contribution in [1.82, 2.24) is 19.3 Å². The third kappa shape index (κ3) is 4.25. The lowest BCUT2D eigenvalue weighted by Crippen LogP contribution is -2.31. The lowest BCUT2D eigenvalue weighted by atomic mass is 10.2. The predicted octanol–water partition coefficient (Wildman–Crippen LogP) is 3.31. The molecule has 1 aliphatic heterocycles. The molecule has 1 saturated heterocycles. The van der Waals surface area contributed by atoms with Crippen molar-refractivity contribution in [3.63, 3.8) is 0 Å². The van der Waals surface area contributed by atoms with Crippen molar-refractivity contribution >= 4 is 28.3 Å². The number of carbonyl (C=O) groups is 1. The minimum absolute atomic E-state index is 0.0184. The zero-order chi connectivity index (χ0) is 26.4. The van der Waals surface area contributed by atoms with Gasteiger partial charge in [-0.2, -0.15) is 9.78 Å². The molecule has 1 atom stereocenters. The number of aryl methyl sites for hydroxylation is 1. The van der Waals surface area contributed by atoms with Gasteiger partial charge in [-0.15, -0.1) is 0 Å². The van der Waals surface area contributed by atoms with E-state index in [9.17, 15) is 18.4 Å². The van der Waals surface area contributed by atoms with Crippen molar-refractivity contribution in [3.05, 3.63) is 76.0 Å². The largest absolute Gasteiger partial charge is 0.366 e. The van der Waals surface area contributed by atoms with Crippen molar-refractivity contribution in [1.29, 1.82) is 0 Å². The second-order valence-corrected chi connectivity index (χ2v) is 9.49. The summed E-state index contributed by atoms with van der Waals surface area (Å²) in [6.45, 7) is 5.39. The fourth-order valence-electron chi connectivity index (χ4n) is 4.82. The Morgan fingerprint density at radius 2 is 1.86 bits per heavy atom. The number of amides is 1. The van der Waals surface area contributed by atoms with Crippen molar-refractivity contribution in [2.45, 2.75) is 32.2 Å². The van der Waals surface area contributed by atoms with Crippen molar-refractivity contribution in [2.24, 2.45) is 12.8 Å². The van der Waals surface area contributed by atoms with E-state index in [1.165, 1.54) is 12.1 Å². The van der Waals surface area contributed by atoms with E-state index in [2.05, 4.69) is 29.2 Å². The summed E-state index contributed by atoms with van der Waals surface area (Å²) < 4.78 is 31.2. The maximum atomic E-state index is 14.3. The Kier molecular flexibility index (Phi) is 6.24. The summed E-state index contributed by atoms with van der Waals surface area (Å²) in [7, 11) is 1.95. The van der Waals surface area contributed by atoms with Gasteiger partial charge in [0.1, 0.15) is 22.6 Å². The normalized spacial score (nSPS) is 15.6. The van der Waals surface area contributed by atoms with E-state index in [-0.39, 0.29) is 17.5 Å². The van der Waals surface area contributed by atoms with Gasteiger partial charge in [0.2, 0.25) is 0 Å². The second kappa shape index (κ2) is 9.40. The average molecular weight is 508 g/mol. The van der Waals surface area contributed by atoms with E-state index < -0.39 is 28.8 Å². The van der Waals surface area contributed by atoms with Gasteiger partial charge in [-0.05, 0) is 36.8 Å². The summed E-state index contributed by atoms with van der Waals surface area (Å²) in [6, 6.07) is 8.04. The van der Waals surface area contributed by atoms with E-state index in [1.54, 1.807) is 6.07 Å². The molecular weight excluding hydrogens is 480 g/mol. The molecule has 3 heterocycles. The van der Waals surface area contributed by atoms with E-state index in [1.807, 2.05) is 17.7 Å². The smallest absolute Gasteiger partial charge is 0.284 e. The van der Waals surface area contributed by atoms with Crippen LogP contribution in [-0.4, -0.2) is 44.4 Å². The quantitative estimate of drug-likeness (QED) is 0.429. The van der Waals surface area contributed by atoms with Crippen LogP contribution in [0.4, 0.5) is 20.2 Å². The highest BCUT2D eigenvalue weighted by atomic mass is 19.1.